The molecule has 6 heteroatoms. The third-order valence-electron chi connectivity index (χ3n) is 3.90. The maximum Gasteiger partial charge on any atom is 0.310 e. The van der Waals surface area contributed by atoms with Crippen molar-refractivity contribution in [2.75, 3.05) is 0 Å². The molecule has 1 aromatic rings. The first-order chi connectivity index (χ1) is 9.00. The number of carboxylic acids is 1. The number of carboxylic acid groups (broad SMARTS) is 1. The van der Waals surface area contributed by atoms with E-state index in [2.05, 4.69) is 15.5 Å². The zero-order valence-electron chi connectivity index (χ0n) is 11.7. The van der Waals surface area contributed by atoms with Crippen molar-refractivity contribution < 1.29 is 9.90 Å². The summed E-state index contributed by atoms with van der Waals surface area (Å²) in [4.78, 5) is 11.2. The van der Waals surface area contributed by atoms with E-state index >= 15 is 0 Å². The maximum absolute atomic E-state index is 11.2. The quantitative estimate of drug-likeness (QED) is 0.845. The topological polar surface area (TPSA) is 80.9 Å². The Kier molecular flexibility index (Phi) is 4.17. The fraction of sp³-hybridized carbons (Fsp3) is 0.846. The van der Waals surface area contributed by atoms with Gasteiger partial charge in [0, 0.05) is 5.92 Å². The summed E-state index contributed by atoms with van der Waals surface area (Å²) in [6.45, 7) is 3.73. The summed E-state index contributed by atoms with van der Waals surface area (Å²) in [5, 5.41) is 21.1. The van der Waals surface area contributed by atoms with Crippen molar-refractivity contribution in [3.05, 3.63) is 5.82 Å². The summed E-state index contributed by atoms with van der Waals surface area (Å²) in [5.41, 5.74) is -0.852. The Morgan fingerprint density at radius 3 is 2.53 bits per heavy atom. The Morgan fingerprint density at radius 2 is 1.95 bits per heavy atom. The highest BCUT2D eigenvalue weighted by Gasteiger charge is 2.31. The van der Waals surface area contributed by atoms with Gasteiger partial charge in [-0.05, 0) is 37.1 Å². The third-order valence-corrected chi connectivity index (χ3v) is 3.90. The lowest BCUT2D eigenvalue weighted by Gasteiger charge is -2.21. The fourth-order valence-electron chi connectivity index (χ4n) is 2.60. The molecule has 1 aliphatic carbocycles. The minimum atomic E-state index is -0.852. The average Bonchev–Trinajstić information content (AvgIpc) is 2.63. The Bertz CT molecular complexity index is 434. The molecule has 106 valence electrons. The average molecular weight is 266 g/mol. The van der Waals surface area contributed by atoms with E-state index in [1.807, 2.05) is 0 Å². The second kappa shape index (κ2) is 5.67. The molecule has 0 bridgehead atoms. The summed E-state index contributed by atoms with van der Waals surface area (Å²) in [7, 11) is 0. The summed E-state index contributed by atoms with van der Waals surface area (Å²) in [6.07, 6.45) is 7.18. The molecule has 1 heterocycles. The lowest BCUT2D eigenvalue weighted by atomic mass is 9.93. The van der Waals surface area contributed by atoms with Crippen LogP contribution in [-0.2, 0) is 11.3 Å². The molecule has 6 nitrogen and oxygen atoms in total. The highest BCUT2D eigenvalue weighted by molar-refractivity contribution is 5.73. The Balaban J connectivity index is 2.15. The molecule has 1 N–H and O–H groups in total. The highest BCUT2D eigenvalue weighted by atomic mass is 16.4. The number of rotatable bonds is 4. The van der Waals surface area contributed by atoms with E-state index in [9.17, 15) is 9.90 Å². The first-order valence-corrected chi connectivity index (χ1v) is 7.00. The molecule has 1 aromatic heterocycles. The van der Waals surface area contributed by atoms with E-state index in [0.717, 1.165) is 18.7 Å². The van der Waals surface area contributed by atoms with Crippen LogP contribution in [0.1, 0.15) is 64.1 Å². The van der Waals surface area contributed by atoms with Gasteiger partial charge < -0.3 is 5.11 Å². The van der Waals surface area contributed by atoms with Crippen LogP contribution in [0.15, 0.2) is 0 Å². The molecule has 0 unspecified atom stereocenters. The predicted molar refractivity (Wildman–Crippen MR) is 69.7 cm³/mol. The van der Waals surface area contributed by atoms with Crippen molar-refractivity contribution in [3.8, 4) is 0 Å². The van der Waals surface area contributed by atoms with Gasteiger partial charge >= 0.3 is 5.97 Å². The van der Waals surface area contributed by atoms with Gasteiger partial charge in [0.05, 0.1) is 12.0 Å². The molecule has 0 atom stereocenters. The van der Waals surface area contributed by atoms with Crippen LogP contribution < -0.4 is 0 Å². The molecular weight excluding hydrogens is 244 g/mol. The van der Waals surface area contributed by atoms with E-state index in [0.29, 0.717) is 12.5 Å². The molecule has 0 amide bonds. The third kappa shape index (κ3) is 3.30. The molecule has 0 saturated heterocycles. The molecule has 0 aliphatic heterocycles. The second-order valence-corrected chi connectivity index (χ2v) is 6.07. The minimum Gasteiger partial charge on any atom is -0.481 e. The van der Waals surface area contributed by atoms with E-state index in [1.165, 1.54) is 25.7 Å². The van der Waals surface area contributed by atoms with E-state index in [4.69, 9.17) is 0 Å². The van der Waals surface area contributed by atoms with Crippen LogP contribution in [0.3, 0.4) is 0 Å². The minimum absolute atomic E-state index is 0.321. The first-order valence-electron chi connectivity index (χ1n) is 7.00. The van der Waals surface area contributed by atoms with Gasteiger partial charge in [-0.3, -0.25) is 4.79 Å². The van der Waals surface area contributed by atoms with Gasteiger partial charge in [0.25, 0.3) is 0 Å². The van der Waals surface area contributed by atoms with Crippen LogP contribution in [-0.4, -0.2) is 31.3 Å². The van der Waals surface area contributed by atoms with Gasteiger partial charge in [-0.15, -0.1) is 5.10 Å². The van der Waals surface area contributed by atoms with Crippen molar-refractivity contribution in [3.63, 3.8) is 0 Å². The molecule has 0 spiro atoms. The van der Waals surface area contributed by atoms with Crippen molar-refractivity contribution in [2.45, 2.75) is 64.8 Å². The summed E-state index contributed by atoms with van der Waals surface area (Å²) in [5.74, 6) is 0.410. The van der Waals surface area contributed by atoms with E-state index in [1.54, 1.807) is 18.5 Å². The molecule has 2 rings (SSSR count). The zero-order valence-corrected chi connectivity index (χ0v) is 11.7. The van der Waals surface area contributed by atoms with Crippen molar-refractivity contribution in [1.82, 2.24) is 20.2 Å². The number of aromatic nitrogens is 4. The smallest absolute Gasteiger partial charge is 0.310 e. The van der Waals surface area contributed by atoms with Crippen LogP contribution in [0, 0.1) is 5.41 Å². The van der Waals surface area contributed by atoms with Gasteiger partial charge in [-0.25, -0.2) is 4.68 Å². The van der Waals surface area contributed by atoms with Crippen LogP contribution in [0.4, 0.5) is 0 Å². The molecule has 0 radical (unpaired) electrons. The first kappa shape index (κ1) is 14.0. The van der Waals surface area contributed by atoms with Crippen LogP contribution in [0.25, 0.3) is 0 Å². The second-order valence-electron chi connectivity index (χ2n) is 6.07. The SMILES string of the molecule is CC(C)(Cn1nnnc1C1CCCCCC1)C(=O)O. The van der Waals surface area contributed by atoms with Crippen LogP contribution in [0.2, 0.25) is 0 Å². The maximum atomic E-state index is 11.2. The molecule has 0 aromatic carbocycles. The lowest BCUT2D eigenvalue weighted by molar-refractivity contribution is -0.147. The van der Waals surface area contributed by atoms with Gasteiger partial charge in [0.2, 0.25) is 0 Å². The molecule has 1 aliphatic rings. The molecule has 19 heavy (non-hydrogen) atoms. The number of nitrogens with zero attached hydrogens (tertiary/aromatic N) is 4. The van der Waals surface area contributed by atoms with Gasteiger partial charge in [-0.2, -0.15) is 0 Å². The number of aliphatic carboxylic acids is 1. The number of hydrogen-bond acceptors (Lipinski definition) is 4. The molecule has 1 saturated carbocycles. The largest absolute Gasteiger partial charge is 0.481 e. The number of hydrogen-bond donors (Lipinski definition) is 1. The lowest BCUT2D eigenvalue weighted by Crippen LogP contribution is -2.30. The van der Waals surface area contributed by atoms with E-state index < -0.39 is 11.4 Å². The summed E-state index contributed by atoms with van der Waals surface area (Å²) in [6, 6.07) is 0. The predicted octanol–water partition coefficient (Wildman–Crippen LogP) is 2.22. The standard InChI is InChI=1S/C13H22N4O2/c1-13(2,12(18)19)9-17-11(14-15-16-17)10-7-5-3-4-6-8-10/h10H,3-9H2,1-2H3,(H,18,19). The van der Waals surface area contributed by atoms with Gasteiger partial charge in [0.1, 0.15) is 0 Å². The zero-order chi connectivity index (χ0) is 13.9. The van der Waals surface area contributed by atoms with Crippen LogP contribution in [0.5, 0.6) is 0 Å². The van der Waals surface area contributed by atoms with Crippen LogP contribution >= 0.6 is 0 Å². The Labute approximate surface area is 113 Å². The van der Waals surface area contributed by atoms with Crippen molar-refractivity contribution >= 4 is 5.97 Å². The van der Waals surface area contributed by atoms with Crippen molar-refractivity contribution in [2.24, 2.45) is 5.41 Å². The number of carbonyl (C=O) groups is 1. The monoisotopic (exact) mass is 266 g/mol. The Hall–Kier alpha value is -1.46. The number of tetrazole rings is 1. The molecular formula is C13H22N4O2. The van der Waals surface area contributed by atoms with Gasteiger partial charge in [0.15, 0.2) is 5.82 Å². The van der Waals surface area contributed by atoms with Crippen molar-refractivity contribution in [1.29, 1.82) is 0 Å². The molecule has 1 fully saturated rings. The van der Waals surface area contributed by atoms with E-state index in [-0.39, 0.29) is 0 Å². The fourth-order valence-corrected chi connectivity index (χ4v) is 2.60. The summed E-state index contributed by atoms with van der Waals surface area (Å²) < 4.78 is 1.68. The normalized spacial score (nSPS) is 18.2. The summed E-state index contributed by atoms with van der Waals surface area (Å²) >= 11 is 0. The van der Waals surface area contributed by atoms with Gasteiger partial charge in [-0.1, -0.05) is 25.7 Å². The highest BCUT2D eigenvalue weighted by Crippen LogP contribution is 2.31. The Morgan fingerprint density at radius 1 is 1.32 bits per heavy atom.